The second-order valence-electron chi connectivity index (χ2n) is 3.56. The van der Waals surface area contributed by atoms with Crippen LogP contribution in [0, 0.1) is 5.82 Å². The van der Waals surface area contributed by atoms with Crippen molar-refractivity contribution in [1.29, 1.82) is 0 Å². The zero-order chi connectivity index (χ0) is 10.8. The van der Waals surface area contributed by atoms with Crippen LogP contribution in [0.15, 0.2) is 18.2 Å². The molecule has 1 aliphatic heterocycles. The van der Waals surface area contributed by atoms with Gasteiger partial charge in [0.05, 0.1) is 12.5 Å². The summed E-state index contributed by atoms with van der Waals surface area (Å²) in [6.45, 7) is 0.445. The number of hydrogen-bond acceptors (Lipinski definition) is 2. The summed E-state index contributed by atoms with van der Waals surface area (Å²) < 4.78 is 18.2. The van der Waals surface area contributed by atoms with Crippen molar-refractivity contribution < 1.29 is 19.0 Å². The maximum absolute atomic E-state index is 12.9. The fourth-order valence-electron chi connectivity index (χ4n) is 1.80. The van der Waals surface area contributed by atoms with Crippen LogP contribution in [0.25, 0.3) is 0 Å². The molecule has 1 unspecified atom stereocenters. The lowest BCUT2D eigenvalue weighted by molar-refractivity contribution is -0.138. The largest absolute Gasteiger partial charge is 0.493 e. The van der Waals surface area contributed by atoms with Crippen LogP contribution < -0.4 is 4.74 Å². The molecule has 1 aliphatic rings. The number of benzene rings is 1. The molecule has 1 aromatic carbocycles. The third-order valence-corrected chi connectivity index (χ3v) is 2.54. The Morgan fingerprint density at radius 1 is 1.53 bits per heavy atom. The number of aliphatic carboxylic acids is 1. The average Bonchev–Trinajstić information content (AvgIpc) is 2.38. The van der Waals surface area contributed by atoms with Gasteiger partial charge in [0, 0.05) is 11.6 Å². The highest BCUT2D eigenvalue weighted by molar-refractivity contribution is 5.77. The van der Waals surface area contributed by atoms with Crippen LogP contribution in [-0.2, 0) is 4.79 Å². The number of ether oxygens (including phenoxy) is 1. The molecule has 0 radical (unpaired) electrons. The van der Waals surface area contributed by atoms with Crippen molar-refractivity contribution >= 4 is 5.97 Å². The van der Waals surface area contributed by atoms with E-state index in [0.29, 0.717) is 30.8 Å². The van der Waals surface area contributed by atoms with Gasteiger partial charge in [0.25, 0.3) is 0 Å². The second kappa shape index (κ2) is 3.88. The normalized spacial score (nSPS) is 19.9. The lowest BCUT2D eigenvalue weighted by Crippen LogP contribution is -2.10. The molecule has 80 valence electrons. The van der Waals surface area contributed by atoms with E-state index < -0.39 is 17.7 Å². The van der Waals surface area contributed by atoms with Crippen LogP contribution in [-0.4, -0.2) is 17.7 Å². The van der Waals surface area contributed by atoms with Crippen LogP contribution in [0.3, 0.4) is 0 Å². The number of carboxylic acid groups (broad SMARTS) is 1. The van der Waals surface area contributed by atoms with Crippen LogP contribution in [0.1, 0.15) is 24.3 Å². The Morgan fingerprint density at radius 3 is 3.07 bits per heavy atom. The SMILES string of the molecule is O=C(O)C1CCCOc2cc(F)ccc21. The van der Waals surface area contributed by atoms with Gasteiger partial charge in [0.15, 0.2) is 0 Å². The minimum absolute atomic E-state index is 0.361. The summed E-state index contributed by atoms with van der Waals surface area (Å²) in [5.74, 6) is -1.50. The summed E-state index contributed by atoms with van der Waals surface area (Å²) in [4.78, 5) is 11.0. The topological polar surface area (TPSA) is 46.5 Å². The Labute approximate surface area is 86.5 Å². The first-order chi connectivity index (χ1) is 7.18. The molecule has 0 aliphatic carbocycles. The molecule has 1 N–H and O–H groups in total. The quantitative estimate of drug-likeness (QED) is 0.772. The highest BCUT2D eigenvalue weighted by atomic mass is 19.1. The molecular weight excluding hydrogens is 199 g/mol. The predicted octanol–water partition coefficient (Wildman–Crippen LogP) is 2.17. The van der Waals surface area contributed by atoms with E-state index in [1.165, 1.54) is 18.2 Å². The Morgan fingerprint density at radius 2 is 2.33 bits per heavy atom. The lowest BCUT2D eigenvalue weighted by atomic mass is 9.94. The van der Waals surface area contributed by atoms with Crippen LogP contribution >= 0.6 is 0 Å². The van der Waals surface area contributed by atoms with Crippen LogP contribution in [0.2, 0.25) is 0 Å². The van der Waals surface area contributed by atoms with Gasteiger partial charge in [-0.3, -0.25) is 4.79 Å². The monoisotopic (exact) mass is 210 g/mol. The first-order valence-electron chi connectivity index (χ1n) is 4.83. The highest BCUT2D eigenvalue weighted by Crippen LogP contribution is 2.33. The first kappa shape index (κ1) is 9.96. The first-order valence-corrected chi connectivity index (χ1v) is 4.83. The second-order valence-corrected chi connectivity index (χ2v) is 3.56. The number of carbonyl (C=O) groups is 1. The van der Waals surface area contributed by atoms with Crippen molar-refractivity contribution in [2.45, 2.75) is 18.8 Å². The molecule has 0 saturated carbocycles. The Balaban J connectivity index is 2.45. The number of fused-ring (bicyclic) bond motifs is 1. The third kappa shape index (κ3) is 1.93. The lowest BCUT2D eigenvalue weighted by Gasteiger charge is -2.11. The van der Waals surface area contributed by atoms with E-state index in [4.69, 9.17) is 9.84 Å². The van der Waals surface area contributed by atoms with Crippen molar-refractivity contribution in [1.82, 2.24) is 0 Å². The van der Waals surface area contributed by atoms with Gasteiger partial charge in [0.1, 0.15) is 11.6 Å². The number of hydrogen-bond donors (Lipinski definition) is 1. The summed E-state index contributed by atoms with van der Waals surface area (Å²) in [6, 6.07) is 4.01. The van der Waals surface area contributed by atoms with E-state index in [1.807, 2.05) is 0 Å². The molecular formula is C11H11FO3. The fourth-order valence-corrected chi connectivity index (χ4v) is 1.80. The maximum atomic E-state index is 12.9. The zero-order valence-corrected chi connectivity index (χ0v) is 8.07. The summed E-state index contributed by atoms with van der Waals surface area (Å²) in [5.41, 5.74) is 0.571. The van der Waals surface area contributed by atoms with E-state index in [2.05, 4.69) is 0 Å². The molecule has 1 atom stereocenters. The smallest absolute Gasteiger partial charge is 0.311 e. The van der Waals surface area contributed by atoms with E-state index in [0.717, 1.165) is 0 Å². The minimum Gasteiger partial charge on any atom is -0.493 e. The van der Waals surface area contributed by atoms with E-state index in [1.54, 1.807) is 0 Å². The summed E-state index contributed by atoms with van der Waals surface area (Å²) in [7, 11) is 0. The Bertz CT molecular complexity index is 389. The molecule has 4 heteroatoms. The molecule has 2 rings (SSSR count). The van der Waals surface area contributed by atoms with Gasteiger partial charge in [-0.25, -0.2) is 4.39 Å². The molecule has 0 aromatic heterocycles. The number of halogens is 1. The zero-order valence-electron chi connectivity index (χ0n) is 8.07. The van der Waals surface area contributed by atoms with Crippen molar-refractivity contribution in [3.05, 3.63) is 29.6 Å². The minimum atomic E-state index is -0.881. The van der Waals surface area contributed by atoms with Gasteiger partial charge >= 0.3 is 5.97 Å². The van der Waals surface area contributed by atoms with Crippen LogP contribution in [0.4, 0.5) is 4.39 Å². The molecule has 0 spiro atoms. The van der Waals surface area contributed by atoms with E-state index >= 15 is 0 Å². The molecule has 0 bridgehead atoms. The number of rotatable bonds is 1. The predicted molar refractivity (Wildman–Crippen MR) is 51.5 cm³/mol. The van der Waals surface area contributed by atoms with Gasteiger partial charge in [0.2, 0.25) is 0 Å². The maximum Gasteiger partial charge on any atom is 0.311 e. The number of carboxylic acids is 1. The van der Waals surface area contributed by atoms with E-state index in [-0.39, 0.29) is 0 Å². The van der Waals surface area contributed by atoms with Crippen molar-refractivity contribution in [2.75, 3.05) is 6.61 Å². The highest BCUT2D eigenvalue weighted by Gasteiger charge is 2.25. The Hall–Kier alpha value is -1.58. The van der Waals surface area contributed by atoms with Gasteiger partial charge < -0.3 is 9.84 Å². The van der Waals surface area contributed by atoms with Gasteiger partial charge in [-0.1, -0.05) is 6.07 Å². The van der Waals surface area contributed by atoms with Gasteiger partial charge in [-0.15, -0.1) is 0 Å². The fraction of sp³-hybridized carbons (Fsp3) is 0.364. The average molecular weight is 210 g/mol. The molecule has 0 saturated heterocycles. The molecule has 15 heavy (non-hydrogen) atoms. The third-order valence-electron chi connectivity index (χ3n) is 2.54. The van der Waals surface area contributed by atoms with Crippen molar-refractivity contribution in [3.63, 3.8) is 0 Å². The molecule has 1 aromatic rings. The molecule has 3 nitrogen and oxygen atoms in total. The van der Waals surface area contributed by atoms with Crippen LogP contribution in [0.5, 0.6) is 5.75 Å². The molecule has 0 amide bonds. The van der Waals surface area contributed by atoms with Gasteiger partial charge in [-0.05, 0) is 18.9 Å². The summed E-state index contributed by atoms with van der Waals surface area (Å²) >= 11 is 0. The van der Waals surface area contributed by atoms with E-state index in [9.17, 15) is 9.18 Å². The summed E-state index contributed by atoms with van der Waals surface area (Å²) in [5, 5.41) is 9.03. The van der Waals surface area contributed by atoms with Crippen molar-refractivity contribution in [2.24, 2.45) is 0 Å². The summed E-state index contributed by atoms with van der Waals surface area (Å²) in [6.07, 6.45) is 1.21. The standard InChI is InChI=1S/C11H11FO3/c12-7-3-4-8-9(11(13)14)2-1-5-15-10(8)6-7/h3-4,6,9H,1-2,5H2,(H,13,14). The van der Waals surface area contributed by atoms with Crippen molar-refractivity contribution in [3.8, 4) is 5.75 Å². The molecule has 0 fully saturated rings. The Kier molecular flexibility index (Phi) is 2.58. The van der Waals surface area contributed by atoms with Gasteiger partial charge in [-0.2, -0.15) is 0 Å². The molecule has 1 heterocycles.